The Morgan fingerprint density at radius 3 is 2.55 bits per heavy atom. The standard InChI is InChI=1S/C16H25N3O3/c1-11-9-12(10-19-14(11)17-5)13(20)7-6-8-18-15(21)22-16(2,3)4/h9-10H,6-8H2,1-5H3,(H,17,19)(H,18,21). The van der Waals surface area contributed by atoms with Crippen LogP contribution < -0.4 is 10.6 Å². The summed E-state index contributed by atoms with van der Waals surface area (Å²) >= 11 is 0. The number of Topliss-reactive ketones (excluding diaryl/α,β-unsaturated/α-hetero) is 1. The van der Waals surface area contributed by atoms with Crippen molar-refractivity contribution in [3.63, 3.8) is 0 Å². The molecular weight excluding hydrogens is 282 g/mol. The van der Waals surface area contributed by atoms with Gasteiger partial charge in [0.15, 0.2) is 5.78 Å². The minimum absolute atomic E-state index is 0.0178. The number of hydrogen-bond donors (Lipinski definition) is 2. The van der Waals surface area contributed by atoms with E-state index in [1.54, 1.807) is 34.0 Å². The third-order valence-corrected chi connectivity index (χ3v) is 2.89. The summed E-state index contributed by atoms with van der Waals surface area (Å²) in [5, 5.41) is 5.60. The first-order valence-electron chi connectivity index (χ1n) is 7.37. The van der Waals surface area contributed by atoms with Crippen molar-refractivity contribution in [3.05, 3.63) is 23.4 Å². The fourth-order valence-corrected chi connectivity index (χ4v) is 1.89. The number of nitrogens with one attached hydrogen (secondary N) is 2. The number of ether oxygens (including phenoxy) is 1. The van der Waals surface area contributed by atoms with Crippen LogP contribution >= 0.6 is 0 Å². The molecule has 1 aromatic rings. The maximum atomic E-state index is 12.1. The summed E-state index contributed by atoms with van der Waals surface area (Å²) in [4.78, 5) is 27.7. The molecule has 0 unspecified atom stereocenters. The van der Waals surface area contributed by atoms with Gasteiger partial charge in [0.1, 0.15) is 11.4 Å². The quantitative estimate of drug-likeness (QED) is 0.624. The van der Waals surface area contributed by atoms with Crippen molar-refractivity contribution in [1.82, 2.24) is 10.3 Å². The highest BCUT2D eigenvalue weighted by Crippen LogP contribution is 2.14. The number of anilines is 1. The second-order valence-electron chi connectivity index (χ2n) is 6.09. The van der Waals surface area contributed by atoms with Crippen LogP contribution in [0.3, 0.4) is 0 Å². The zero-order valence-electron chi connectivity index (χ0n) is 13.9. The highest BCUT2D eigenvalue weighted by Gasteiger charge is 2.15. The molecule has 122 valence electrons. The molecule has 22 heavy (non-hydrogen) atoms. The summed E-state index contributed by atoms with van der Waals surface area (Å²) < 4.78 is 5.12. The maximum Gasteiger partial charge on any atom is 0.407 e. The second-order valence-corrected chi connectivity index (χ2v) is 6.09. The normalized spacial score (nSPS) is 11.0. The number of rotatable bonds is 6. The van der Waals surface area contributed by atoms with E-state index >= 15 is 0 Å². The molecule has 0 saturated carbocycles. The molecule has 0 fully saturated rings. The number of alkyl carbamates (subject to hydrolysis) is 1. The monoisotopic (exact) mass is 307 g/mol. The van der Waals surface area contributed by atoms with Crippen molar-refractivity contribution in [3.8, 4) is 0 Å². The molecule has 0 aliphatic heterocycles. The lowest BCUT2D eigenvalue weighted by molar-refractivity contribution is 0.0525. The molecule has 0 aliphatic rings. The Morgan fingerprint density at radius 1 is 1.32 bits per heavy atom. The molecule has 6 heteroatoms. The van der Waals surface area contributed by atoms with Crippen molar-refractivity contribution in [1.29, 1.82) is 0 Å². The molecule has 0 radical (unpaired) electrons. The van der Waals surface area contributed by atoms with Crippen LogP contribution in [-0.4, -0.2) is 36.1 Å². The highest BCUT2D eigenvalue weighted by molar-refractivity contribution is 5.96. The number of carbonyl (C=O) groups excluding carboxylic acids is 2. The van der Waals surface area contributed by atoms with Crippen LogP contribution in [0.4, 0.5) is 10.6 Å². The molecule has 1 rings (SSSR count). The van der Waals surface area contributed by atoms with Gasteiger partial charge in [0.2, 0.25) is 0 Å². The van der Waals surface area contributed by atoms with Gasteiger partial charge in [-0.2, -0.15) is 0 Å². The number of aromatic nitrogens is 1. The third-order valence-electron chi connectivity index (χ3n) is 2.89. The van der Waals surface area contributed by atoms with Crippen LogP contribution in [-0.2, 0) is 4.74 Å². The van der Waals surface area contributed by atoms with E-state index in [1.165, 1.54) is 0 Å². The predicted molar refractivity (Wildman–Crippen MR) is 86.3 cm³/mol. The van der Waals surface area contributed by atoms with Crippen LogP contribution in [0.25, 0.3) is 0 Å². The SMILES string of the molecule is CNc1ncc(C(=O)CCCNC(=O)OC(C)(C)C)cc1C. The van der Waals surface area contributed by atoms with E-state index in [2.05, 4.69) is 15.6 Å². The molecule has 0 atom stereocenters. The van der Waals surface area contributed by atoms with E-state index in [9.17, 15) is 9.59 Å². The topological polar surface area (TPSA) is 80.3 Å². The maximum absolute atomic E-state index is 12.1. The molecule has 0 bridgehead atoms. The van der Waals surface area contributed by atoms with Crippen LogP contribution in [0, 0.1) is 6.92 Å². The van der Waals surface area contributed by atoms with Gasteiger partial charge in [0.05, 0.1) is 0 Å². The molecule has 6 nitrogen and oxygen atoms in total. The van der Waals surface area contributed by atoms with Crippen molar-refractivity contribution in [2.45, 2.75) is 46.1 Å². The molecule has 1 heterocycles. The number of hydrogen-bond acceptors (Lipinski definition) is 5. The summed E-state index contributed by atoms with van der Waals surface area (Å²) in [6.07, 6.45) is 2.03. The Balaban J connectivity index is 2.38. The molecule has 0 aromatic carbocycles. The Morgan fingerprint density at radius 2 is 2.00 bits per heavy atom. The first-order valence-corrected chi connectivity index (χ1v) is 7.37. The Kier molecular flexibility index (Phi) is 6.34. The second kappa shape index (κ2) is 7.77. The van der Waals surface area contributed by atoms with Crippen LogP contribution in [0.2, 0.25) is 0 Å². The fourth-order valence-electron chi connectivity index (χ4n) is 1.89. The molecular formula is C16H25N3O3. The summed E-state index contributed by atoms with van der Waals surface area (Å²) in [6, 6.07) is 1.82. The molecule has 0 saturated heterocycles. The zero-order valence-corrected chi connectivity index (χ0v) is 13.9. The van der Waals surface area contributed by atoms with Crippen LogP contribution in [0.15, 0.2) is 12.3 Å². The summed E-state index contributed by atoms with van der Waals surface area (Å²) in [5.74, 6) is 0.785. The minimum Gasteiger partial charge on any atom is -0.444 e. The minimum atomic E-state index is -0.516. The summed E-state index contributed by atoms with van der Waals surface area (Å²) in [5.41, 5.74) is 1.01. The first kappa shape index (κ1) is 17.9. The number of carbonyl (C=O) groups is 2. The van der Waals surface area contributed by atoms with Gasteiger partial charge >= 0.3 is 6.09 Å². The Hall–Kier alpha value is -2.11. The van der Waals surface area contributed by atoms with Gasteiger partial charge < -0.3 is 15.4 Å². The number of ketones is 1. The van der Waals surface area contributed by atoms with Crippen molar-refractivity contribution in [2.75, 3.05) is 18.9 Å². The van der Waals surface area contributed by atoms with Crippen molar-refractivity contribution >= 4 is 17.7 Å². The summed E-state index contributed by atoms with van der Waals surface area (Å²) in [6.45, 7) is 7.72. The third kappa shape index (κ3) is 6.11. The molecule has 1 aromatic heterocycles. The number of nitrogens with zero attached hydrogens (tertiary/aromatic N) is 1. The Bertz CT molecular complexity index is 536. The number of aryl methyl sites for hydroxylation is 1. The predicted octanol–water partition coefficient (Wildman–Crippen LogP) is 2.92. The number of amides is 1. The molecule has 1 amide bonds. The molecule has 0 spiro atoms. The van der Waals surface area contributed by atoms with E-state index in [-0.39, 0.29) is 5.78 Å². The average molecular weight is 307 g/mol. The van der Waals surface area contributed by atoms with E-state index in [4.69, 9.17) is 4.74 Å². The van der Waals surface area contributed by atoms with Gasteiger partial charge in [-0.15, -0.1) is 0 Å². The highest BCUT2D eigenvalue weighted by atomic mass is 16.6. The number of pyridine rings is 1. The van der Waals surface area contributed by atoms with E-state index < -0.39 is 11.7 Å². The average Bonchev–Trinajstić information content (AvgIpc) is 2.41. The van der Waals surface area contributed by atoms with Crippen LogP contribution in [0.5, 0.6) is 0 Å². The molecule has 2 N–H and O–H groups in total. The lowest BCUT2D eigenvalue weighted by atomic mass is 10.1. The van der Waals surface area contributed by atoms with E-state index in [0.717, 1.165) is 11.4 Å². The van der Waals surface area contributed by atoms with Crippen molar-refractivity contribution < 1.29 is 14.3 Å². The molecule has 0 aliphatic carbocycles. The zero-order chi connectivity index (χ0) is 16.8. The van der Waals surface area contributed by atoms with Gasteiger partial charge in [0, 0.05) is 31.8 Å². The van der Waals surface area contributed by atoms with Gasteiger partial charge in [-0.3, -0.25) is 4.79 Å². The van der Waals surface area contributed by atoms with Crippen LogP contribution in [0.1, 0.15) is 49.5 Å². The first-order chi connectivity index (χ1) is 10.2. The largest absolute Gasteiger partial charge is 0.444 e. The summed E-state index contributed by atoms with van der Waals surface area (Å²) in [7, 11) is 1.79. The van der Waals surface area contributed by atoms with E-state index in [0.29, 0.717) is 24.9 Å². The van der Waals surface area contributed by atoms with Gasteiger partial charge in [-0.25, -0.2) is 9.78 Å². The fraction of sp³-hybridized carbons (Fsp3) is 0.562. The Labute approximate surface area is 131 Å². The smallest absolute Gasteiger partial charge is 0.407 e. The van der Waals surface area contributed by atoms with Gasteiger partial charge in [-0.1, -0.05) is 0 Å². The van der Waals surface area contributed by atoms with E-state index in [1.807, 2.05) is 13.0 Å². The van der Waals surface area contributed by atoms with Gasteiger partial charge in [-0.05, 0) is 45.7 Å². The van der Waals surface area contributed by atoms with Gasteiger partial charge in [0.25, 0.3) is 0 Å². The van der Waals surface area contributed by atoms with Crippen molar-refractivity contribution in [2.24, 2.45) is 0 Å². The lowest BCUT2D eigenvalue weighted by Gasteiger charge is -2.19. The lowest BCUT2D eigenvalue weighted by Crippen LogP contribution is -2.33.